The zero-order chi connectivity index (χ0) is 17.5. The fraction of sp³-hybridized carbons (Fsp3) is 0.286. The molecule has 0 bridgehead atoms. The maximum Gasteiger partial charge on any atom is 0.244 e. The number of quaternary nitrogens is 1. The van der Waals surface area contributed by atoms with Gasteiger partial charge in [0.25, 0.3) is 0 Å². The molecule has 2 N–H and O–H groups in total. The molecule has 1 amide bonds. The van der Waals surface area contributed by atoms with E-state index in [0.29, 0.717) is 6.04 Å². The topological polar surface area (TPSA) is 33.5 Å². The van der Waals surface area contributed by atoms with Crippen molar-refractivity contribution in [3.8, 4) is 0 Å². The molecule has 1 aliphatic heterocycles. The second-order valence-corrected chi connectivity index (χ2v) is 7.50. The Morgan fingerprint density at radius 1 is 1.12 bits per heavy atom. The maximum atomic E-state index is 12.1. The van der Waals surface area contributed by atoms with E-state index in [4.69, 9.17) is 0 Å². The van der Waals surface area contributed by atoms with Crippen LogP contribution >= 0.6 is 15.9 Å². The van der Waals surface area contributed by atoms with Gasteiger partial charge < -0.3 is 10.2 Å². The van der Waals surface area contributed by atoms with Gasteiger partial charge in [-0.1, -0.05) is 58.4 Å². The van der Waals surface area contributed by atoms with Crippen molar-refractivity contribution in [1.29, 1.82) is 0 Å². The molecular formula is C21H24BrN2O+. The Labute approximate surface area is 157 Å². The highest BCUT2D eigenvalue weighted by Gasteiger charge is 2.22. The third kappa shape index (κ3) is 5.83. The summed E-state index contributed by atoms with van der Waals surface area (Å²) in [6.07, 6.45) is 5.57. The molecule has 2 aromatic carbocycles. The third-order valence-corrected chi connectivity index (χ3v) is 5.11. The Morgan fingerprint density at radius 3 is 2.60 bits per heavy atom. The van der Waals surface area contributed by atoms with Gasteiger partial charge in [-0.2, -0.15) is 0 Å². The highest BCUT2D eigenvalue weighted by atomic mass is 79.9. The van der Waals surface area contributed by atoms with Crippen molar-refractivity contribution in [3.63, 3.8) is 0 Å². The number of halogens is 1. The summed E-state index contributed by atoms with van der Waals surface area (Å²) < 4.78 is 1.02. The van der Waals surface area contributed by atoms with Crippen molar-refractivity contribution in [2.45, 2.75) is 25.4 Å². The molecule has 0 radical (unpaired) electrons. The highest BCUT2D eigenvalue weighted by Crippen LogP contribution is 2.12. The van der Waals surface area contributed by atoms with Crippen LogP contribution in [0.4, 0.5) is 0 Å². The number of carbonyl (C=O) groups excluding carboxylic acids is 1. The van der Waals surface area contributed by atoms with E-state index in [1.165, 1.54) is 5.56 Å². The SMILES string of the molecule is O=C(/C=C/c1cccc(Br)c1)NC1CC[NH+](Cc2ccccc2)CC1. The molecule has 0 spiro atoms. The predicted molar refractivity (Wildman–Crippen MR) is 105 cm³/mol. The van der Waals surface area contributed by atoms with Crippen molar-refractivity contribution < 1.29 is 9.69 Å². The molecule has 0 aromatic heterocycles. The predicted octanol–water partition coefficient (Wildman–Crippen LogP) is 2.83. The van der Waals surface area contributed by atoms with Gasteiger partial charge in [0.2, 0.25) is 5.91 Å². The van der Waals surface area contributed by atoms with E-state index in [2.05, 4.69) is 51.6 Å². The molecule has 0 aliphatic carbocycles. The van der Waals surface area contributed by atoms with Gasteiger partial charge in [0.05, 0.1) is 13.1 Å². The lowest BCUT2D eigenvalue weighted by atomic mass is 10.0. The molecule has 25 heavy (non-hydrogen) atoms. The third-order valence-electron chi connectivity index (χ3n) is 4.61. The van der Waals surface area contributed by atoms with Crippen LogP contribution in [0.25, 0.3) is 6.08 Å². The molecule has 0 atom stereocenters. The number of likely N-dealkylation sites (tertiary alicyclic amines) is 1. The van der Waals surface area contributed by atoms with Gasteiger partial charge in [-0.3, -0.25) is 4.79 Å². The van der Waals surface area contributed by atoms with Crippen LogP contribution in [0.5, 0.6) is 0 Å². The molecule has 0 saturated carbocycles. The highest BCUT2D eigenvalue weighted by molar-refractivity contribution is 9.10. The van der Waals surface area contributed by atoms with Gasteiger partial charge in [0, 0.05) is 35.0 Å². The van der Waals surface area contributed by atoms with Crippen molar-refractivity contribution in [2.24, 2.45) is 0 Å². The Balaban J connectivity index is 1.43. The number of benzene rings is 2. The second kappa shape index (κ2) is 8.97. The minimum absolute atomic E-state index is 0.00325. The lowest BCUT2D eigenvalue weighted by Gasteiger charge is -2.29. The quantitative estimate of drug-likeness (QED) is 0.744. The number of hydrogen-bond acceptors (Lipinski definition) is 1. The molecule has 4 heteroatoms. The molecule has 0 unspecified atom stereocenters. The molecule has 2 aromatic rings. The van der Waals surface area contributed by atoms with Gasteiger partial charge in [-0.15, -0.1) is 0 Å². The zero-order valence-corrected chi connectivity index (χ0v) is 15.8. The molecule has 1 fully saturated rings. The van der Waals surface area contributed by atoms with Crippen LogP contribution in [0.3, 0.4) is 0 Å². The number of nitrogens with one attached hydrogen (secondary N) is 2. The summed E-state index contributed by atoms with van der Waals surface area (Å²) in [6.45, 7) is 3.29. The minimum atomic E-state index is -0.00325. The van der Waals surface area contributed by atoms with Gasteiger partial charge in [0.1, 0.15) is 6.54 Å². The summed E-state index contributed by atoms with van der Waals surface area (Å²) in [6, 6.07) is 18.8. The summed E-state index contributed by atoms with van der Waals surface area (Å²) in [4.78, 5) is 13.7. The largest absolute Gasteiger partial charge is 0.349 e. The molecule has 3 nitrogen and oxygen atoms in total. The Hall–Kier alpha value is -1.91. The van der Waals surface area contributed by atoms with Gasteiger partial charge >= 0.3 is 0 Å². The van der Waals surface area contributed by atoms with Crippen LogP contribution < -0.4 is 10.2 Å². The summed E-state index contributed by atoms with van der Waals surface area (Å²) in [7, 11) is 0. The van der Waals surface area contributed by atoms with E-state index in [1.807, 2.05) is 30.3 Å². The first-order valence-electron chi connectivity index (χ1n) is 8.81. The van der Waals surface area contributed by atoms with Crippen LogP contribution in [0.2, 0.25) is 0 Å². The van der Waals surface area contributed by atoms with Gasteiger partial charge in [-0.25, -0.2) is 0 Å². The fourth-order valence-corrected chi connectivity index (χ4v) is 3.68. The van der Waals surface area contributed by atoms with Crippen molar-refractivity contribution in [3.05, 3.63) is 76.3 Å². The van der Waals surface area contributed by atoms with Crippen LogP contribution in [-0.2, 0) is 11.3 Å². The van der Waals surface area contributed by atoms with E-state index in [0.717, 1.165) is 42.5 Å². The molecule has 1 heterocycles. The second-order valence-electron chi connectivity index (χ2n) is 6.58. The smallest absolute Gasteiger partial charge is 0.244 e. The number of amides is 1. The standard InChI is InChI=1S/C21H23BrN2O/c22-19-8-4-7-17(15-19)9-10-21(25)23-20-11-13-24(14-12-20)16-18-5-2-1-3-6-18/h1-10,15,20H,11-14,16H2,(H,23,25)/p+1/b10-9+. The number of hydrogen-bond donors (Lipinski definition) is 2. The van der Waals surface area contributed by atoms with Crippen molar-refractivity contribution >= 4 is 27.9 Å². The normalized spacial score (nSPS) is 20.5. The number of rotatable bonds is 5. The fourth-order valence-electron chi connectivity index (χ4n) is 3.26. The lowest BCUT2D eigenvalue weighted by Crippen LogP contribution is -3.12. The first-order valence-corrected chi connectivity index (χ1v) is 9.60. The Morgan fingerprint density at radius 2 is 1.88 bits per heavy atom. The summed E-state index contributed by atoms with van der Waals surface area (Å²) in [5, 5.41) is 3.14. The minimum Gasteiger partial charge on any atom is -0.349 e. The Bertz CT molecular complexity index is 722. The van der Waals surface area contributed by atoms with Crippen molar-refractivity contribution in [2.75, 3.05) is 13.1 Å². The molecule has 1 aliphatic rings. The van der Waals surface area contributed by atoms with Crippen LogP contribution in [0, 0.1) is 0 Å². The van der Waals surface area contributed by atoms with Crippen LogP contribution in [0.1, 0.15) is 24.0 Å². The molecule has 3 rings (SSSR count). The number of carbonyl (C=O) groups is 1. The summed E-state index contributed by atoms with van der Waals surface area (Å²) in [5.74, 6) is -0.00325. The van der Waals surface area contributed by atoms with E-state index in [1.54, 1.807) is 11.0 Å². The lowest BCUT2D eigenvalue weighted by molar-refractivity contribution is -0.918. The summed E-state index contributed by atoms with van der Waals surface area (Å²) in [5.41, 5.74) is 2.41. The molecule has 1 saturated heterocycles. The average molecular weight is 400 g/mol. The van der Waals surface area contributed by atoms with Crippen LogP contribution in [0.15, 0.2) is 65.1 Å². The Kier molecular flexibility index (Phi) is 6.42. The summed E-state index contributed by atoms with van der Waals surface area (Å²) >= 11 is 3.44. The molecule has 130 valence electrons. The number of piperidine rings is 1. The van der Waals surface area contributed by atoms with Gasteiger partial charge in [-0.05, 0) is 23.8 Å². The monoisotopic (exact) mass is 399 g/mol. The zero-order valence-electron chi connectivity index (χ0n) is 14.2. The van der Waals surface area contributed by atoms with E-state index in [-0.39, 0.29) is 5.91 Å². The van der Waals surface area contributed by atoms with Gasteiger partial charge in [0.15, 0.2) is 0 Å². The first kappa shape index (κ1) is 17.9. The van der Waals surface area contributed by atoms with E-state index < -0.39 is 0 Å². The van der Waals surface area contributed by atoms with E-state index >= 15 is 0 Å². The first-order chi connectivity index (χ1) is 12.2. The molecular weight excluding hydrogens is 376 g/mol. The van der Waals surface area contributed by atoms with Crippen LogP contribution in [-0.4, -0.2) is 25.0 Å². The average Bonchev–Trinajstić information content (AvgIpc) is 2.63. The van der Waals surface area contributed by atoms with E-state index in [9.17, 15) is 4.79 Å². The maximum absolute atomic E-state index is 12.1. The van der Waals surface area contributed by atoms with Crippen molar-refractivity contribution in [1.82, 2.24) is 5.32 Å².